The fourth-order valence-corrected chi connectivity index (χ4v) is 4.34. The molecule has 1 aromatic carbocycles. The molecule has 3 N–H and O–H groups in total. The first-order valence-electron chi connectivity index (χ1n) is 9.37. The minimum Gasteiger partial charge on any atom is -0.484 e. The predicted molar refractivity (Wildman–Crippen MR) is 96.5 cm³/mol. The smallest absolute Gasteiger partial charge is 0.258 e. The molecule has 0 heterocycles. The van der Waals surface area contributed by atoms with Crippen LogP contribution in [0.25, 0.3) is 0 Å². The van der Waals surface area contributed by atoms with Gasteiger partial charge in [-0.2, -0.15) is 0 Å². The Kier molecular flexibility index (Phi) is 5.74. The van der Waals surface area contributed by atoms with Crippen LogP contribution in [-0.2, 0) is 4.79 Å². The van der Waals surface area contributed by atoms with Crippen LogP contribution in [-0.4, -0.2) is 30.4 Å². The molecule has 5 nitrogen and oxygen atoms in total. The molecule has 0 radical (unpaired) electrons. The highest BCUT2D eigenvalue weighted by atomic mass is 16.5. The molecule has 2 atom stereocenters. The van der Waals surface area contributed by atoms with Crippen molar-refractivity contribution in [2.75, 3.05) is 6.61 Å². The molecule has 5 heteroatoms. The molecule has 2 bridgehead atoms. The average molecular weight is 344 g/mol. The number of nitrogens with one attached hydrogen (secondary N) is 1. The van der Waals surface area contributed by atoms with E-state index in [0.29, 0.717) is 29.6 Å². The van der Waals surface area contributed by atoms with Gasteiger partial charge in [-0.1, -0.05) is 13.3 Å². The minimum absolute atomic E-state index is 0.00304. The zero-order chi connectivity index (χ0) is 17.8. The van der Waals surface area contributed by atoms with Crippen molar-refractivity contribution < 1.29 is 14.3 Å². The minimum atomic E-state index is -0.0777. The van der Waals surface area contributed by atoms with E-state index in [1.807, 2.05) is 6.92 Å². The summed E-state index contributed by atoms with van der Waals surface area (Å²) in [6.07, 6.45) is 6.06. The van der Waals surface area contributed by atoms with Crippen molar-refractivity contribution in [3.63, 3.8) is 0 Å². The molecule has 2 aliphatic carbocycles. The molecule has 2 unspecified atom stereocenters. The Labute approximate surface area is 149 Å². The predicted octanol–water partition coefficient (Wildman–Crippen LogP) is 2.68. The van der Waals surface area contributed by atoms with Crippen LogP contribution >= 0.6 is 0 Å². The summed E-state index contributed by atoms with van der Waals surface area (Å²) in [5.41, 5.74) is 6.81. The third-order valence-electron chi connectivity index (χ3n) is 5.57. The molecular formula is C20H28N2O3. The molecule has 0 aromatic heterocycles. The molecule has 136 valence electrons. The van der Waals surface area contributed by atoms with E-state index in [0.717, 1.165) is 25.7 Å². The Hall–Kier alpha value is -1.88. The van der Waals surface area contributed by atoms with Crippen LogP contribution in [0.2, 0.25) is 0 Å². The summed E-state index contributed by atoms with van der Waals surface area (Å²) in [7, 11) is 0. The van der Waals surface area contributed by atoms with Gasteiger partial charge in [-0.15, -0.1) is 0 Å². The van der Waals surface area contributed by atoms with Crippen molar-refractivity contribution in [3.8, 4) is 5.75 Å². The van der Waals surface area contributed by atoms with Gasteiger partial charge in [0.05, 0.1) is 0 Å². The number of carbonyl (C=O) groups excluding carboxylic acids is 2. The Morgan fingerprint density at radius 1 is 1.16 bits per heavy atom. The van der Waals surface area contributed by atoms with E-state index in [4.69, 9.17) is 10.5 Å². The van der Waals surface area contributed by atoms with Gasteiger partial charge in [0.2, 0.25) is 0 Å². The van der Waals surface area contributed by atoms with Crippen LogP contribution < -0.4 is 15.8 Å². The maximum absolute atomic E-state index is 12.3. The van der Waals surface area contributed by atoms with E-state index in [-0.39, 0.29) is 30.4 Å². The second-order valence-corrected chi connectivity index (χ2v) is 7.37. The van der Waals surface area contributed by atoms with Crippen LogP contribution in [0.4, 0.5) is 0 Å². The van der Waals surface area contributed by atoms with Crippen LogP contribution in [0.1, 0.15) is 55.8 Å². The number of ketones is 1. The monoisotopic (exact) mass is 344 g/mol. The van der Waals surface area contributed by atoms with Gasteiger partial charge in [-0.25, -0.2) is 0 Å². The van der Waals surface area contributed by atoms with E-state index in [9.17, 15) is 9.59 Å². The molecular weight excluding hydrogens is 316 g/mol. The van der Waals surface area contributed by atoms with E-state index >= 15 is 0 Å². The number of ether oxygens (including phenoxy) is 1. The number of hydrogen-bond acceptors (Lipinski definition) is 4. The van der Waals surface area contributed by atoms with Crippen molar-refractivity contribution >= 4 is 11.7 Å². The number of nitrogens with two attached hydrogens (primary N) is 1. The Balaban J connectivity index is 1.50. The number of hydrogen-bond donors (Lipinski definition) is 2. The van der Waals surface area contributed by atoms with Gasteiger partial charge >= 0.3 is 0 Å². The van der Waals surface area contributed by atoms with Crippen molar-refractivity contribution in [1.82, 2.24) is 5.32 Å². The normalized spacial score (nSPS) is 28.2. The molecule has 0 saturated heterocycles. The van der Waals surface area contributed by atoms with Gasteiger partial charge in [0.25, 0.3) is 5.91 Å². The third-order valence-corrected chi connectivity index (χ3v) is 5.57. The average Bonchev–Trinajstić information content (AvgIpc) is 2.60. The SMILES string of the molecule is CCC(=O)c1ccc(OCC(=O)NC2C3CCCC2CC(N)C3)cc1. The summed E-state index contributed by atoms with van der Waals surface area (Å²) in [6, 6.07) is 7.49. The van der Waals surface area contributed by atoms with Crippen molar-refractivity contribution in [1.29, 1.82) is 0 Å². The van der Waals surface area contributed by atoms with Crippen LogP contribution in [0, 0.1) is 11.8 Å². The molecule has 25 heavy (non-hydrogen) atoms. The maximum atomic E-state index is 12.3. The zero-order valence-electron chi connectivity index (χ0n) is 14.9. The number of Topliss-reactive ketones (excluding diaryl/α,β-unsaturated/α-hetero) is 1. The first-order chi connectivity index (χ1) is 12.1. The molecule has 0 spiro atoms. The highest BCUT2D eigenvalue weighted by Crippen LogP contribution is 2.39. The van der Waals surface area contributed by atoms with Crippen molar-refractivity contribution in [3.05, 3.63) is 29.8 Å². The van der Waals surface area contributed by atoms with Crippen LogP contribution in [0.15, 0.2) is 24.3 Å². The molecule has 1 aromatic rings. The number of carbonyl (C=O) groups is 2. The number of amides is 1. The van der Waals surface area contributed by atoms with E-state index in [2.05, 4.69) is 5.32 Å². The van der Waals surface area contributed by atoms with Gasteiger partial charge in [0.1, 0.15) is 5.75 Å². The van der Waals surface area contributed by atoms with Crippen molar-refractivity contribution in [2.24, 2.45) is 17.6 Å². The summed E-state index contributed by atoms with van der Waals surface area (Å²) in [5.74, 6) is 1.64. The maximum Gasteiger partial charge on any atom is 0.258 e. The highest BCUT2D eigenvalue weighted by Gasteiger charge is 2.39. The summed E-state index contributed by atoms with van der Waals surface area (Å²) < 4.78 is 5.57. The van der Waals surface area contributed by atoms with Gasteiger partial charge in [-0.05, 0) is 61.8 Å². The summed E-state index contributed by atoms with van der Waals surface area (Å²) in [4.78, 5) is 23.9. The lowest BCUT2D eigenvalue weighted by atomic mass is 9.67. The first kappa shape index (κ1) is 17.9. The lowest BCUT2D eigenvalue weighted by Crippen LogP contribution is -2.54. The van der Waals surface area contributed by atoms with Gasteiger partial charge in [0, 0.05) is 24.1 Å². The van der Waals surface area contributed by atoms with Gasteiger partial charge in [-0.3, -0.25) is 9.59 Å². The topological polar surface area (TPSA) is 81.4 Å². The number of fused-ring (bicyclic) bond motifs is 2. The molecule has 3 rings (SSSR count). The molecule has 2 saturated carbocycles. The number of rotatable bonds is 6. The molecule has 2 fully saturated rings. The van der Waals surface area contributed by atoms with Gasteiger partial charge in [0.15, 0.2) is 12.4 Å². The second-order valence-electron chi connectivity index (χ2n) is 7.37. The highest BCUT2D eigenvalue weighted by molar-refractivity contribution is 5.95. The zero-order valence-corrected chi connectivity index (χ0v) is 14.9. The largest absolute Gasteiger partial charge is 0.484 e. The standard InChI is InChI=1S/C20H28N2O3/c1-2-18(23)13-6-8-17(9-7-13)25-12-19(24)22-20-14-4-3-5-15(20)11-16(21)10-14/h6-9,14-16,20H,2-5,10-12,21H2,1H3,(H,22,24). The molecule has 1 amide bonds. The molecule has 2 aliphatic rings. The van der Waals surface area contributed by atoms with Crippen molar-refractivity contribution in [2.45, 2.75) is 57.5 Å². The summed E-state index contributed by atoms with van der Waals surface area (Å²) in [5, 5.41) is 3.18. The third kappa shape index (κ3) is 4.40. The second kappa shape index (κ2) is 8.00. The van der Waals surface area contributed by atoms with E-state index < -0.39 is 0 Å². The number of benzene rings is 1. The Bertz CT molecular complexity index is 600. The molecule has 0 aliphatic heterocycles. The Morgan fingerprint density at radius 3 is 2.40 bits per heavy atom. The van der Waals surface area contributed by atoms with E-state index in [1.54, 1.807) is 24.3 Å². The first-order valence-corrected chi connectivity index (χ1v) is 9.37. The lowest BCUT2D eigenvalue weighted by Gasteiger charge is -2.45. The lowest BCUT2D eigenvalue weighted by molar-refractivity contribution is -0.125. The fourth-order valence-electron chi connectivity index (χ4n) is 4.34. The summed E-state index contributed by atoms with van der Waals surface area (Å²) in [6.45, 7) is 1.84. The van der Waals surface area contributed by atoms with Crippen LogP contribution in [0.3, 0.4) is 0 Å². The van der Waals surface area contributed by atoms with E-state index in [1.165, 1.54) is 6.42 Å². The fraction of sp³-hybridized carbons (Fsp3) is 0.600. The summed E-state index contributed by atoms with van der Waals surface area (Å²) >= 11 is 0. The van der Waals surface area contributed by atoms with Crippen LogP contribution in [0.5, 0.6) is 5.75 Å². The quantitative estimate of drug-likeness (QED) is 0.778. The Morgan fingerprint density at radius 2 is 1.80 bits per heavy atom. The van der Waals surface area contributed by atoms with Gasteiger partial charge < -0.3 is 15.8 Å².